The van der Waals surface area contributed by atoms with E-state index in [9.17, 15) is 0 Å². The van der Waals surface area contributed by atoms with Crippen LogP contribution < -0.4 is 10.6 Å². The van der Waals surface area contributed by atoms with Crippen LogP contribution in [0.2, 0.25) is 0 Å². The molecule has 0 radical (unpaired) electrons. The smallest absolute Gasteiger partial charge is 0.147 e. The van der Waals surface area contributed by atoms with E-state index in [1.54, 1.807) is 12.4 Å². The molecule has 0 amide bonds. The van der Waals surface area contributed by atoms with Crippen LogP contribution >= 0.6 is 0 Å². The molecule has 5 nitrogen and oxygen atoms in total. The van der Waals surface area contributed by atoms with Gasteiger partial charge in [-0.3, -0.25) is 0 Å². The Balaban J connectivity index is 2.50. The molecule has 1 rings (SSSR count). The Morgan fingerprint density at radius 2 is 1.94 bits per heavy atom. The van der Waals surface area contributed by atoms with Gasteiger partial charge in [-0.15, -0.1) is 0 Å². The third kappa shape index (κ3) is 4.02. The van der Waals surface area contributed by atoms with Gasteiger partial charge in [0.1, 0.15) is 11.6 Å². The van der Waals surface area contributed by atoms with Crippen molar-refractivity contribution < 1.29 is 0 Å². The maximum Gasteiger partial charge on any atom is 0.147 e. The fourth-order valence-corrected chi connectivity index (χ4v) is 1.51. The van der Waals surface area contributed by atoms with Crippen LogP contribution in [0.3, 0.4) is 0 Å². The molecule has 0 aliphatic rings. The largest absolute Gasteiger partial charge is 0.382 e. The molecule has 0 aliphatic heterocycles. The number of anilines is 2. The first kappa shape index (κ1) is 12.7. The highest BCUT2D eigenvalue weighted by molar-refractivity contribution is 5.38. The van der Waals surface area contributed by atoms with Gasteiger partial charge in [0.2, 0.25) is 0 Å². The van der Waals surface area contributed by atoms with Gasteiger partial charge < -0.3 is 15.5 Å². The normalized spacial score (nSPS) is 10.8. The first-order valence-corrected chi connectivity index (χ1v) is 5.60. The van der Waals surface area contributed by atoms with Crippen LogP contribution in [0.15, 0.2) is 12.4 Å². The molecule has 1 aromatic heterocycles. The zero-order chi connectivity index (χ0) is 12.0. The average molecular weight is 223 g/mol. The zero-order valence-corrected chi connectivity index (χ0v) is 10.3. The van der Waals surface area contributed by atoms with Gasteiger partial charge in [-0.25, -0.2) is 9.97 Å². The number of hydrogen-bond donors (Lipinski definition) is 1. The first-order chi connectivity index (χ1) is 7.63. The lowest BCUT2D eigenvalue weighted by atomic mass is 10.3. The summed E-state index contributed by atoms with van der Waals surface area (Å²) in [6, 6.07) is 0. The van der Waals surface area contributed by atoms with Crippen molar-refractivity contribution in [1.29, 1.82) is 0 Å². The molecule has 1 heterocycles. The van der Waals surface area contributed by atoms with Crippen LogP contribution in [0.1, 0.15) is 13.3 Å². The first-order valence-electron chi connectivity index (χ1n) is 5.60. The molecule has 0 spiro atoms. The van der Waals surface area contributed by atoms with E-state index in [-0.39, 0.29) is 0 Å². The fourth-order valence-electron chi connectivity index (χ4n) is 1.51. The number of aromatic nitrogens is 2. The highest BCUT2D eigenvalue weighted by atomic mass is 15.2. The summed E-state index contributed by atoms with van der Waals surface area (Å²) >= 11 is 0. The Labute approximate surface area is 97.3 Å². The third-order valence-electron chi connectivity index (χ3n) is 2.40. The van der Waals surface area contributed by atoms with Crippen molar-refractivity contribution in [2.24, 2.45) is 0 Å². The van der Waals surface area contributed by atoms with Crippen LogP contribution in [0, 0.1) is 0 Å². The summed E-state index contributed by atoms with van der Waals surface area (Å²) in [5.74, 6) is 1.36. The molecule has 0 bridgehead atoms. The van der Waals surface area contributed by atoms with E-state index in [1.807, 2.05) is 0 Å². The molecule has 0 saturated heterocycles. The Bertz CT molecular complexity index is 296. The van der Waals surface area contributed by atoms with E-state index >= 15 is 0 Å². The van der Waals surface area contributed by atoms with Gasteiger partial charge >= 0.3 is 0 Å². The molecule has 0 saturated carbocycles. The number of nitrogens with two attached hydrogens (primary N) is 1. The summed E-state index contributed by atoms with van der Waals surface area (Å²) < 4.78 is 0. The lowest BCUT2D eigenvalue weighted by Gasteiger charge is -2.22. The van der Waals surface area contributed by atoms with Crippen molar-refractivity contribution in [3.63, 3.8) is 0 Å². The molecule has 1 aromatic rings. The number of hydrogen-bond acceptors (Lipinski definition) is 5. The second kappa shape index (κ2) is 6.27. The molecule has 90 valence electrons. The predicted octanol–water partition coefficient (Wildman–Crippen LogP) is 0.837. The minimum absolute atomic E-state index is 0.466. The minimum atomic E-state index is 0.466. The van der Waals surface area contributed by atoms with Crippen LogP contribution in [0.5, 0.6) is 0 Å². The van der Waals surface area contributed by atoms with Crippen molar-refractivity contribution >= 4 is 11.6 Å². The van der Waals surface area contributed by atoms with Crippen molar-refractivity contribution in [1.82, 2.24) is 14.9 Å². The van der Waals surface area contributed by atoms with Gasteiger partial charge in [0, 0.05) is 13.1 Å². The summed E-state index contributed by atoms with van der Waals surface area (Å²) in [5.41, 5.74) is 5.51. The molecule has 5 heteroatoms. The Morgan fingerprint density at radius 1 is 1.19 bits per heavy atom. The van der Waals surface area contributed by atoms with E-state index < -0.39 is 0 Å². The average Bonchev–Trinajstić information content (AvgIpc) is 2.26. The lowest BCUT2D eigenvalue weighted by Crippen LogP contribution is -2.27. The molecule has 16 heavy (non-hydrogen) atoms. The SMILES string of the molecule is CCN(CCCN(C)C)c1cnc(N)cn1. The van der Waals surface area contributed by atoms with E-state index in [4.69, 9.17) is 5.73 Å². The van der Waals surface area contributed by atoms with Crippen LogP contribution in [0.4, 0.5) is 11.6 Å². The standard InChI is InChI=1S/C11H21N5/c1-4-16(7-5-6-15(2)3)11-9-13-10(12)8-14-11/h8-9H,4-7H2,1-3H3,(H2,12,13). The van der Waals surface area contributed by atoms with Gasteiger partial charge in [0.05, 0.1) is 12.4 Å². The highest BCUT2D eigenvalue weighted by Gasteiger charge is 2.05. The summed E-state index contributed by atoms with van der Waals surface area (Å²) in [5, 5.41) is 0. The van der Waals surface area contributed by atoms with Gasteiger partial charge in [-0.1, -0.05) is 0 Å². The quantitative estimate of drug-likeness (QED) is 0.774. The molecule has 0 aliphatic carbocycles. The molecule has 0 fully saturated rings. The number of nitrogen functional groups attached to an aromatic ring is 1. The van der Waals surface area contributed by atoms with Crippen LogP contribution in [-0.2, 0) is 0 Å². The van der Waals surface area contributed by atoms with E-state index in [0.717, 1.165) is 31.9 Å². The van der Waals surface area contributed by atoms with Crippen molar-refractivity contribution in [3.05, 3.63) is 12.4 Å². The van der Waals surface area contributed by atoms with Gasteiger partial charge in [-0.05, 0) is 34.0 Å². The second-order valence-electron chi connectivity index (χ2n) is 4.04. The second-order valence-corrected chi connectivity index (χ2v) is 4.04. The molecule has 0 unspecified atom stereocenters. The molecular weight excluding hydrogens is 202 g/mol. The fraction of sp³-hybridized carbons (Fsp3) is 0.636. The van der Waals surface area contributed by atoms with Crippen molar-refractivity contribution in [3.8, 4) is 0 Å². The van der Waals surface area contributed by atoms with Gasteiger partial charge in [0.25, 0.3) is 0 Å². The zero-order valence-electron chi connectivity index (χ0n) is 10.3. The topological polar surface area (TPSA) is 58.3 Å². The maximum atomic E-state index is 5.51. The summed E-state index contributed by atoms with van der Waals surface area (Å²) in [7, 11) is 4.17. The van der Waals surface area contributed by atoms with Crippen LogP contribution in [0.25, 0.3) is 0 Å². The Morgan fingerprint density at radius 3 is 2.44 bits per heavy atom. The summed E-state index contributed by atoms with van der Waals surface area (Å²) in [6.45, 7) is 5.13. The molecule has 0 aromatic carbocycles. The lowest BCUT2D eigenvalue weighted by molar-refractivity contribution is 0.400. The monoisotopic (exact) mass is 223 g/mol. The predicted molar refractivity (Wildman–Crippen MR) is 67.5 cm³/mol. The summed E-state index contributed by atoms with van der Waals surface area (Å²) in [4.78, 5) is 12.7. The van der Waals surface area contributed by atoms with E-state index in [0.29, 0.717) is 5.82 Å². The summed E-state index contributed by atoms with van der Waals surface area (Å²) in [6.07, 6.45) is 4.45. The number of nitrogens with zero attached hydrogens (tertiary/aromatic N) is 4. The Kier molecular flexibility index (Phi) is 4.98. The van der Waals surface area contributed by atoms with Crippen molar-refractivity contribution in [2.75, 3.05) is 44.4 Å². The van der Waals surface area contributed by atoms with Crippen molar-refractivity contribution in [2.45, 2.75) is 13.3 Å². The molecular formula is C11H21N5. The number of rotatable bonds is 6. The highest BCUT2D eigenvalue weighted by Crippen LogP contribution is 2.09. The van der Waals surface area contributed by atoms with E-state index in [2.05, 4.69) is 40.8 Å². The van der Waals surface area contributed by atoms with Gasteiger partial charge in [-0.2, -0.15) is 0 Å². The third-order valence-corrected chi connectivity index (χ3v) is 2.40. The van der Waals surface area contributed by atoms with Crippen LogP contribution in [-0.4, -0.2) is 48.6 Å². The Hall–Kier alpha value is -1.36. The molecule has 0 atom stereocenters. The molecule has 2 N–H and O–H groups in total. The van der Waals surface area contributed by atoms with Gasteiger partial charge in [0.15, 0.2) is 0 Å². The van der Waals surface area contributed by atoms with E-state index in [1.165, 1.54) is 0 Å². The minimum Gasteiger partial charge on any atom is -0.382 e. The maximum absolute atomic E-state index is 5.51.